The maximum absolute atomic E-state index is 13.8. The second-order valence-corrected chi connectivity index (χ2v) is 12.6. The van der Waals surface area contributed by atoms with Crippen molar-refractivity contribution in [1.29, 1.82) is 0 Å². The Hall–Kier alpha value is -3.89. The van der Waals surface area contributed by atoms with E-state index in [-0.39, 0.29) is 24.2 Å². The van der Waals surface area contributed by atoms with Crippen LogP contribution < -0.4 is 29.9 Å². The largest absolute Gasteiger partial charge is 0.493 e. The van der Waals surface area contributed by atoms with E-state index in [9.17, 15) is 9.59 Å². The summed E-state index contributed by atoms with van der Waals surface area (Å²) < 4.78 is 11.7. The van der Waals surface area contributed by atoms with Gasteiger partial charge in [-0.1, -0.05) is 11.6 Å². The van der Waals surface area contributed by atoms with E-state index in [1.165, 1.54) is 0 Å². The van der Waals surface area contributed by atoms with Crippen LogP contribution in [0.25, 0.3) is 0 Å². The molecule has 3 aromatic rings. The Balaban J connectivity index is 1.36. The second-order valence-electron chi connectivity index (χ2n) is 12.1. The first-order valence-electron chi connectivity index (χ1n) is 15.6. The summed E-state index contributed by atoms with van der Waals surface area (Å²) in [6, 6.07) is 11.0. The van der Waals surface area contributed by atoms with Gasteiger partial charge in [-0.3, -0.25) is 14.6 Å². The van der Waals surface area contributed by atoms with Crippen molar-refractivity contribution in [2.24, 2.45) is 5.92 Å². The number of anilines is 3. The summed E-state index contributed by atoms with van der Waals surface area (Å²) in [5.41, 5.74) is 3.08. The number of ether oxygens (including phenoxy) is 2. The number of likely N-dealkylation sites (N-methyl/N-ethyl adjacent to an activating group) is 1. The molecule has 5 rings (SSSR count). The van der Waals surface area contributed by atoms with E-state index in [1.54, 1.807) is 26.6 Å². The molecule has 0 bridgehead atoms. The lowest BCUT2D eigenvalue weighted by Crippen LogP contribution is -2.41. The van der Waals surface area contributed by atoms with Crippen LogP contribution in [0.15, 0.2) is 48.8 Å². The third-order valence-corrected chi connectivity index (χ3v) is 8.81. The minimum Gasteiger partial charge on any atom is -0.493 e. The summed E-state index contributed by atoms with van der Waals surface area (Å²) in [5.74, 6) is 2.51. The lowest BCUT2D eigenvalue weighted by atomic mass is 9.85. The van der Waals surface area contributed by atoms with Gasteiger partial charge in [0.15, 0.2) is 17.3 Å². The van der Waals surface area contributed by atoms with E-state index in [4.69, 9.17) is 31.0 Å². The van der Waals surface area contributed by atoms with E-state index in [2.05, 4.69) is 15.5 Å². The zero-order valence-electron chi connectivity index (χ0n) is 26.7. The van der Waals surface area contributed by atoms with E-state index >= 15 is 0 Å². The first-order valence-corrected chi connectivity index (χ1v) is 16.0. The van der Waals surface area contributed by atoms with Crippen LogP contribution in [-0.2, 0) is 16.0 Å². The average Bonchev–Trinajstić information content (AvgIpc) is 3.04. The minimum atomic E-state index is -0.677. The number of methoxy groups -OCH3 is 1. The number of carbonyl (C=O) groups excluding carboxylic acids is 2. The molecular weight excluding hydrogens is 592 g/mol. The summed E-state index contributed by atoms with van der Waals surface area (Å²) in [6.45, 7) is 5.16. The Morgan fingerprint density at radius 1 is 1.09 bits per heavy atom. The summed E-state index contributed by atoms with van der Waals surface area (Å²) in [7, 11) is 5.29. The fraction of sp³-hybridized carbons (Fsp3) is 0.471. The Labute approximate surface area is 270 Å². The lowest BCUT2D eigenvalue weighted by Gasteiger charge is -2.38. The van der Waals surface area contributed by atoms with Crippen molar-refractivity contribution in [1.82, 2.24) is 20.6 Å². The van der Waals surface area contributed by atoms with Crippen molar-refractivity contribution >= 4 is 40.5 Å². The zero-order chi connectivity index (χ0) is 32.1. The van der Waals surface area contributed by atoms with Crippen LogP contribution >= 0.6 is 11.6 Å². The number of carbonyl (C=O) groups is 2. The third-order valence-electron chi connectivity index (χ3n) is 8.56. The molecule has 2 aromatic carbocycles. The first-order chi connectivity index (χ1) is 21.7. The van der Waals surface area contributed by atoms with E-state index in [0.29, 0.717) is 40.7 Å². The van der Waals surface area contributed by atoms with Crippen LogP contribution in [0.2, 0.25) is 5.02 Å². The van der Waals surface area contributed by atoms with Gasteiger partial charge in [0, 0.05) is 55.6 Å². The first kappa shape index (κ1) is 32.5. The molecule has 1 saturated carbocycles. The fourth-order valence-corrected chi connectivity index (χ4v) is 6.37. The molecule has 1 atom stereocenters. The highest BCUT2D eigenvalue weighted by Crippen LogP contribution is 2.46. The monoisotopic (exact) mass is 634 g/mol. The maximum Gasteiger partial charge on any atom is 0.233 e. The molecule has 10 nitrogen and oxygen atoms in total. The van der Waals surface area contributed by atoms with Crippen molar-refractivity contribution in [3.8, 4) is 11.5 Å². The highest BCUT2D eigenvalue weighted by molar-refractivity contribution is 6.30. The molecule has 1 aliphatic carbocycles. The molecule has 2 aliphatic rings. The lowest BCUT2D eigenvalue weighted by molar-refractivity contribution is -0.120. The van der Waals surface area contributed by atoms with E-state index in [0.717, 1.165) is 55.0 Å². The van der Waals surface area contributed by atoms with Crippen LogP contribution in [0.5, 0.6) is 11.5 Å². The number of benzene rings is 2. The van der Waals surface area contributed by atoms with Crippen LogP contribution in [0.3, 0.4) is 0 Å². The van der Waals surface area contributed by atoms with Gasteiger partial charge in [0.05, 0.1) is 37.8 Å². The number of halogens is 1. The Morgan fingerprint density at radius 2 is 1.82 bits per heavy atom. The number of hydrogen-bond acceptors (Lipinski definition) is 9. The van der Waals surface area contributed by atoms with Gasteiger partial charge in [-0.15, -0.1) is 0 Å². The number of Topliss-reactive ketones (excluding diaryl/α,β-unsaturated/α-hetero) is 1. The summed E-state index contributed by atoms with van der Waals surface area (Å²) in [6.07, 6.45) is 7.90. The van der Waals surface area contributed by atoms with Crippen LogP contribution in [0.1, 0.15) is 56.8 Å². The minimum absolute atomic E-state index is 0.00854. The maximum atomic E-state index is 13.8. The van der Waals surface area contributed by atoms with Gasteiger partial charge < -0.3 is 29.9 Å². The number of nitrogens with one attached hydrogen (secondary N) is 2. The second kappa shape index (κ2) is 14.5. The Bertz CT molecular complexity index is 1480. The number of fused-ring (bicyclic) bond motifs is 1. The van der Waals surface area contributed by atoms with Crippen LogP contribution in [0, 0.1) is 5.92 Å². The highest BCUT2D eigenvalue weighted by Gasteiger charge is 2.37. The molecule has 1 aliphatic heterocycles. The van der Waals surface area contributed by atoms with Crippen LogP contribution in [0.4, 0.5) is 17.2 Å². The number of hydrogen-bond donors (Lipinski definition) is 2. The molecule has 2 heterocycles. The van der Waals surface area contributed by atoms with Gasteiger partial charge in [-0.05, 0) is 81.3 Å². The normalized spacial score (nSPS) is 19.7. The molecule has 0 radical (unpaired) electrons. The predicted molar refractivity (Wildman–Crippen MR) is 177 cm³/mol. The van der Waals surface area contributed by atoms with Gasteiger partial charge >= 0.3 is 0 Å². The number of aromatic nitrogens is 2. The zero-order valence-corrected chi connectivity index (χ0v) is 27.4. The average molecular weight is 635 g/mol. The van der Waals surface area contributed by atoms with Crippen molar-refractivity contribution in [3.05, 3.63) is 65.1 Å². The fourth-order valence-electron chi connectivity index (χ4n) is 6.24. The molecule has 2 N–H and O–H groups in total. The summed E-state index contributed by atoms with van der Waals surface area (Å²) in [4.78, 5) is 39.1. The highest BCUT2D eigenvalue weighted by atomic mass is 35.5. The molecule has 11 heteroatoms. The molecule has 1 amide bonds. The molecule has 1 aromatic heterocycles. The molecule has 45 heavy (non-hydrogen) atoms. The molecule has 0 saturated heterocycles. The van der Waals surface area contributed by atoms with Crippen molar-refractivity contribution < 1.29 is 19.1 Å². The number of ketones is 1. The van der Waals surface area contributed by atoms with Gasteiger partial charge in [0.25, 0.3) is 0 Å². The van der Waals surface area contributed by atoms with Crippen molar-refractivity contribution in [3.63, 3.8) is 0 Å². The van der Waals surface area contributed by atoms with Gasteiger partial charge in [-0.2, -0.15) is 0 Å². The van der Waals surface area contributed by atoms with Crippen LogP contribution in [-0.4, -0.2) is 68.1 Å². The molecular formula is C34H43ClN6O4. The van der Waals surface area contributed by atoms with Gasteiger partial charge in [0.1, 0.15) is 11.9 Å². The quantitative estimate of drug-likeness (QED) is 0.292. The smallest absolute Gasteiger partial charge is 0.233 e. The molecule has 0 spiro atoms. The topological polar surface area (TPSA) is 109 Å². The predicted octanol–water partition coefficient (Wildman–Crippen LogP) is 5.26. The number of rotatable bonds is 11. The standard InChI is InChI=1S/C34H43ClN6O4/c1-21(2)45-31-16-28-23(15-30(31)44-5)14-29(42)34(41(28)26-12-8-24(35)9-13-26)27-17-39-32(18-38-27)40(4)20-22-6-10-25(11-7-22)37-19-33(43)36-3/h8-9,12-13,15-18,21-22,25,34,37H,6-7,10-11,14,19-20H2,1-5H3,(H,36,43). The molecule has 240 valence electrons. The summed E-state index contributed by atoms with van der Waals surface area (Å²) >= 11 is 6.24. The van der Waals surface area contributed by atoms with Crippen molar-refractivity contribution in [2.75, 3.05) is 44.1 Å². The number of amides is 1. The van der Waals surface area contributed by atoms with Gasteiger partial charge in [0.2, 0.25) is 5.91 Å². The van der Waals surface area contributed by atoms with E-state index in [1.807, 2.05) is 62.2 Å². The van der Waals surface area contributed by atoms with E-state index < -0.39 is 6.04 Å². The van der Waals surface area contributed by atoms with Gasteiger partial charge in [-0.25, -0.2) is 4.98 Å². The third kappa shape index (κ3) is 7.68. The SMILES string of the molecule is CNC(=O)CNC1CCC(CN(C)c2cnc(C3C(=O)Cc4cc(OC)c(OC(C)C)cc4N3c3ccc(Cl)cc3)cn2)CC1. The molecule has 1 fully saturated rings. The Kier molecular flexibility index (Phi) is 10.5. The number of nitrogens with zero attached hydrogens (tertiary/aromatic N) is 4. The van der Waals surface area contributed by atoms with Crippen molar-refractivity contribution in [2.45, 2.75) is 64.1 Å². The summed E-state index contributed by atoms with van der Waals surface area (Å²) in [5, 5.41) is 6.63. The Morgan fingerprint density at radius 3 is 2.44 bits per heavy atom. The molecule has 1 unspecified atom stereocenters.